The second-order valence-electron chi connectivity index (χ2n) is 7.31. The molecule has 0 saturated carbocycles. The van der Waals surface area contributed by atoms with E-state index in [0.717, 1.165) is 43.1 Å². The summed E-state index contributed by atoms with van der Waals surface area (Å²) >= 11 is 0. The first-order chi connectivity index (χ1) is 12.6. The average molecular weight is 356 g/mol. The van der Waals surface area contributed by atoms with Gasteiger partial charge in [-0.1, -0.05) is 12.1 Å². The quantitative estimate of drug-likeness (QED) is 0.819. The van der Waals surface area contributed by atoms with Gasteiger partial charge in [0.2, 0.25) is 0 Å². The van der Waals surface area contributed by atoms with Crippen LogP contribution in [-0.4, -0.2) is 30.3 Å². The molecule has 140 valence electrons. The molecule has 0 unspecified atom stereocenters. The van der Waals surface area contributed by atoms with Crippen LogP contribution in [0, 0.1) is 0 Å². The maximum Gasteiger partial charge on any atom is 0.161 e. The molecule has 2 heterocycles. The lowest BCUT2D eigenvalue weighted by molar-refractivity contribution is -0.0630. The van der Waals surface area contributed by atoms with Gasteiger partial charge < -0.3 is 19.5 Å². The van der Waals surface area contributed by atoms with Gasteiger partial charge in [0.15, 0.2) is 11.5 Å². The number of pyridine rings is 1. The summed E-state index contributed by atoms with van der Waals surface area (Å²) in [5.41, 5.74) is 2.16. The highest BCUT2D eigenvalue weighted by atomic mass is 16.5. The first-order valence-electron chi connectivity index (χ1n) is 9.12. The van der Waals surface area contributed by atoms with Gasteiger partial charge in [0.05, 0.1) is 12.7 Å². The number of aromatic nitrogens is 1. The molecule has 1 aliphatic heterocycles. The molecule has 1 atom stereocenters. The zero-order chi connectivity index (χ0) is 18.4. The number of methoxy groups -OCH3 is 1. The Morgan fingerprint density at radius 1 is 1.23 bits per heavy atom. The number of nitrogens with one attached hydrogen (secondary N) is 1. The molecule has 2 aromatic rings. The monoisotopic (exact) mass is 356 g/mol. The maximum atomic E-state index is 5.97. The third kappa shape index (κ3) is 5.19. The Morgan fingerprint density at radius 2 is 2.12 bits per heavy atom. The Balaban J connectivity index is 1.61. The number of hydrogen-bond donors (Lipinski definition) is 1. The summed E-state index contributed by atoms with van der Waals surface area (Å²) in [6, 6.07) is 10.5. The van der Waals surface area contributed by atoms with E-state index in [4.69, 9.17) is 14.2 Å². The van der Waals surface area contributed by atoms with Crippen LogP contribution >= 0.6 is 0 Å². The molecule has 0 spiro atoms. The second kappa shape index (κ2) is 8.52. The molecule has 1 aliphatic rings. The Kier molecular flexibility index (Phi) is 6.12. The standard InChI is InChI=1S/C21H28N2O3/c1-21(2)12-18(8-10-26-21)23-14-16-6-7-19(24-3)20(11-16)25-15-17-5-4-9-22-13-17/h4-7,9,11,13,18,23H,8,10,12,14-15H2,1-3H3/t18-/m0/s1. The van der Waals surface area contributed by atoms with Crippen molar-refractivity contribution in [2.24, 2.45) is 0 Å². The smallest absolute Gasteiger partial charge is 0.161 e. The van der Waals surface area contributed by atoms with Crippen LogP contribution in [0.3, 0.4) is 0 Å². The van der Waals surface area contributed by atoms with Gasteiger partial charge in [-0.15, -0.1) is 0 Å². The molecule has 5 nitrogen and oxygen atoms in total. The molecule has 26 heavy (non-hydrogen) atoms. The van der Waals surface area contributed by atoms with Crippen LogP contribution in [-0.2, 0) is 17.9 Å². The van der Waals surface area contributed by atoms with Gasteiger partial charge in [0.1, 0.15) is 6.61 Å². The van der Waals surface area contributed by atoms with E-state index in [1.165, 1.54) is 5.56 Å². The molecule has 1 aromatic carbocycles. The summed E-state index contributed by atoms with van der Waals surface area (Å²) < 4.78 is 17.2. The SMILES string of the molecule is COc1ccc(CN[C@H]2CCOC(C)(C)C2)cc1OCc1cccnc1. The molecule has 1 fully saturated rings. The molecular weight excluding hydrogens is 328 g/mol. The molecule has 0 amide bonds. The summed E-state index contributed by atoms with van der Waals surface area (Å²) in [4.78, 5) is 4.12. The fourth-order valence-corrected chi connectivity index (χ4v) is 3.26. The second-order valence-corrected chi connectivity index (χ2v) is 7.31. The van der Waals surface area contributed by atoms with Crippen molar-refractivity contribution >= 4 is 0 Å². The zero-order valence-corrected chi connectivity index (χ0v) is 15.8. The minimum absolute atomic E-state index is 0.0478. The summed E-state index contributed by atoms with van der Waals surface area (Å²) in [6.07, 6.45) is 5.64. The van der Waals surface area contributed by atoms with E-state index in [9.17, 15) is 0 Å². The summed E-state index contributed by atoms with van der Waals surface area (Å²) in [7, 11) is 1.66. The van der Waals surface area contributed by atoms with Crippen molar-refractivity contribution in [2.45, 2.75) is 51.5 Å². The number of rotatable bonds is 7. The highest BCUT2D eigenvalue weighted by molar-refractivity contribution is 5.43. The largest absolute Gasteiger partial charge is 0.493 e. The molecular formula is C21H28N2O3. The van der Waals surface area contributed by atoms with Crippen LogP contribution in [0.5, 0.6) is 11.5 Å². The van der Waals surface area contributed by atoms with E-state index >= 15 is 0 Å². The topological polar surface area (TPSA) is 52.6 Å². The normalized spacial score (nSPS) is 19.1. The first kappa shape index (κ1) is 18.7. The van der Waals surface area contributed by atoms with Gasteiger partial charge in [0.25, 0.3) is 0 Å². The molecule has 5 heteroatoms. The van der Waals surface area contributed by atoms with Crippen LogP contribution in [0.15, 0.2) is 42.7 Å². The van der Waals surface area contributed by atoms with Crippen molar-refractivity contribution in [2.75, 3.05) is 13.7 Å². The van der Waals surface area contributed by atoms with E-state index in [1.807, 2.05) is 30.5 Å². The van der Waals surface area contributed by atoms with Crippen LogP contribution in [0.1, 0.15) is 37.8 Å². The third-order valence-corrected chi connectivity index (χ3v) is 4.64. The van der Waals surface area contributed by atoms with Crippen molar-refractivity contribution in [3.63, 3.8) is 0 Å². The number of ether oxygens (including phenoxy) is 3. The molecule has 3 rings (SSSR count). The number of hydrogen-bond acceptors (Lipinski definition) is 5. The molecule has 0 bridgehead atoms. The van der Waals surface area contributed by atoms with Crippen molar-refractivity contribution in [3.05, 3.63) is 53.9 Å². The van der Waals surface area contributed by atoms with Crippen molar-refractivity contribution in [1.82, 2.24) is 10.3 Å². The Hall–Kier alpha value is -2.11. The van der Waals surface area contributed by atoms with Gasteiger partial charge in [0, 0.05) is 37.2 Å². The lowest BCUT2D eigenvalue weighted by atomic mass is 9.94. The third-order valence-electron chi connectivity index (χ3n) is 4.64. The predicted molar refractivity (Wildman–Crippen MR) is 101 cm³/mol. The van der Waals surface area contributed by atoms with Crippen molar-refractivity contribution in [3.8, 4) is 11.5 Å². The van der Waals surface area contributed by atoms with E-state index in [0.29, 0.717) is 12.6 Å². The Morgan fingerprint density at radius 3 is 2.85 bits per heavy atom. The molecule has 1 aromatic heterocycles. The lowest BCUT2D eigenvalue weighted by Gasteiger charge is -2.36. The minimum Gasteiger partial charge on any atom is -0.493 e. The van der Waals surface area contributed by atoms with Gasteiger partial charge in [-0.3, -0.25) is 4.98 Å². The Bertz CT molecular complexity index is 704. The summed E-state index contributed by atoms with van der Waals surface area (Å²) in [5, 5.41) is 3.65. The highest BCUT2D eigenvalue weighted by Crippen LogP contribution is 2.29. The van der Waals surface area contributed by atoms with Crippen LogP contribution in [0.2, 0.25) is 0 Å². The molecule has 1 saturated heterocycles. The van der Waals surface area contributed by atoms with Crippen LogP contribution < -0.4 is 14.8 Å². The lowest BCUT2D eigenvalue weighted by Crippen LogP contribution is -2.43. The molecule has 0 aliphatic carbocycles. The number of nitrogens with zero attached hydrogens (tertiary/aromatic N) is 1. The van der Waals surface area contributed by atoms with Crippen molar-refractivity contribution in [1.29, 1.82) is 0 Å². The predicted octanol–water partition coefficient (Wildman–Crippen LogP) is 3.72. The van der Waals surface area contributed by atoms with Gasteiger partial charge in [-0.25, -0.2) is 0 Å². The maximum absolute atomic E-state index is 5.97. The first-order valence-corrected chi connectivity index (χ1v) is 9.12. The minimum atomic E-state index is -0.0478. The highest BCUT2D eigenvalue weighted by Gasteiger charge is 2.28. The van der Waals surface area contributed by atoms with E-state index in [2.05, 4.69) is 30.2 Å². The van der Waals surface area contributed by atoms with Gasteiger partial charge in [-0.2, -0.15) is 0 Å². The van der Waals surface area contributed by atoms with Crippen LogP contribution in [0.4, 0.5) is 0 Å². The van der Waals surface area contributed by atoms with Gasteiger partial charge >= 0.3 is 0 Å². The van der Waals surface area contributed by atoms with Crippen molar-refractivity contribution < 1.29 is 14.2 Å². The molecule has 1 N–H and O–H groups in total. The molecule has 0 radical (unpaired) electrons. The number of benzene rings is 1. The summed E-state index contributed by atoms with van der Waals surface area (Å²) in [6.45, 7) is 6.38. The fraction of sp³-hybridized carbons (Fsp3) is 0.476. The fourth-order valence-electron chi connectivity index (χ4n) is 3.26. The van der Waals surface area contributed by atoms with E-state index in [-0.39, 0.29) is 5.60 Å². The zero-order valence-electron chi connectivity index (χ0n) is 15.8. The summed E-state index contributed by atoms with van der Waals surface area (Å²) in [5.74, 6) is 1.49. The van der Waals surface area contributed by atoms with E-state index < -0.39 is 0 Å². The average Bonchev–Trinajstić information content (AvgIpc) is 2.65. The van der Waals surface area contributed by atoms with Gasteiger partial charge in [-0.05, 0) is 50.5 Å². The van der Waals surface area contributed by atoms with E-state index in [1.54, 1.807) is 13.3 Å². The Labute approximate surface area is 155 Å². The van der Waals surface area contributed by atoms with Crippen LogP contribution in [0.25, 0.3) is 0 Å².